The second-order valence-electron chi connectivity index (χ2n) is 10.4. The maximum atomic E-state index is 12.4. The molecule has 0 atom stereocenters. The molecular formula is C30H17N5Na4O13S4. The molecule has 0 radical (unpaired) electrons. The summed E-state index contributed by atoms with van der Waals surface area (Å²) in [5.74, 6) is -0.745. The maximum Gasteiger partial charge on any atom is 1.00 e. The molecule has 0 aliphatic carbocycles. The van der Waals surface area contributed by atoms with E-state index in [0.717, 1.165) is 23.6 Å². The molecule has 3 N–H and O–H groups in total. The topological polar surface area (TPSA) is 293 Å². The van der Waals surface area contributed by atoms with Crippen LogP contribution in [0.3, 0.4) is 0 Å². The van der Waals surface area contributed by atoms with E-state index >= 15 is 0 Å². The number of nitrogen functional groups attached to an aromatic ring is 1. The average molecular weight is 876 g/mol. The van der Waals surface area contributed by atoms with Crippen LogP contribution in [0.4, 0.5) is 28.4 Å². The fraction of sp³-hybridized carbons (Fsp3) is 0. The van der Waals surface area contributed by atoms with Gasteiger partial charge in [0, 0.05) is 15.7 Å². The number of phenols is 1. The first-order chi connectivity index (χ1) is 24.8. The Kier molecular flexibility index (Phi) is 20.3. The minimum Gasteiger partial charge on any atom is -0.744 e. The van der Waals surface area contributed by atoms with Crippen molar-refractivity contribution in [3.8, 4) is 5.75 Å². The summed E-state index contributed by atoms with van der Waals surface area (Å²) >= 11 is 0.645. The van der Waals surface area contributed by atoms with E-state index in [1.54, 1.807) is 30.3 Å². The van der Waals surface area contributed by atoms with Gasteiger partial charge in [-0.05, 0) is 58.6 Å². The molecule has 268 valence electrons. The van der Waals surface area contributed by atoms with E-state index in [0.29, 0.717) is 23.1 Å². The van der Waals surface area contributed by atoms with Crippen LogP contribution in [0.1, 0.15) is 0 Å². The molecule has 0 spiro atoms. The Bertz CT molecular complexity index is 2670. The van der Waals surface area contributed by atoms with E-state index in [1.807, 2.05) is 12.1 Å². The molecule has 0 fully saturated rings. The van der Waals surface area contributed by atoms with Gasteiger partial charge in [0.15, 0.2) is 5.75 Å². The van der Waals surface area contributed by atoms with Crippen LogP contribution in [0.25, 0.3) is 32.3 Å². The molecule has 6 aromatic carbocycles. The molecular weight excluding hydrogens is 859 g/mol. The van der Waals surface area contributed by atoms with E-state index < -0.39 is 52.8 Å². The predicted molar refractivity (Wildman–Crippen MR) is 178 cm³/mol. The number of aromatic hydroxyl groups is 1. The van der Waals surface area contributed by atoms with Crippen molar-refractivity contribution in [1.82, 2.24) is 0 Å². The van der Waals surface area contributed by atoms with Gasteiger partial charge in [-0.15, -0.1) is 20.5 Å². The number of rotatable bonds is 12. The molecule has 0 bridgehead atoms. The molecule has 0 saturated heterocycles. The Morgan fingerprint density at radius 1 is 0.625 bits per heavy atom. The summed E-state index contributed by atoms with van der Waals surface area (Å²) in [4.78, 5) is -1.51. The number of hydrogen-bond acceptors (Lipinski definition) is 20. The number of benzene rings is 6. The van der Waals surface area contributed by atoms with Crippen LogP contribution in [-0.2, 0) is 39.0 Å². The summed E-state index contributed by atoms with van der Waals surface area (Å²) in [6.45, 7) is 0. The van der Waals surface area contributed by atoms with Crippen molar-refractivity contribution in [2.24, 2.45) is 20.5 Å². The van der Waals surface area contributed by atoms with E-state index in [1.165, 1.54) is 24.3 Å². The number of azo groups is 2. The van der Waals surface area contributed by atoms with Gasteiger partial charge < -0.3 is 30.5 Å². The quantitative estimate of drug-likeness (QED) is 0.0220. The smallest absolute Gasteiger partial charge is 0.744 e. The minimum absolute atomic E-state index is 0. The SMILES string of the molecule is Nc1c(N=Nc2cccc3ccccc23)c(S(=O)(=O)[O-])cc2cc(SOO[O-])c(N=Nc3cc(SOO[O-])cc4cc(S(=O)(=O)[O-])ccc34)c(O)c12.[Na+].[Na+].[Na+].[Na+]. The van der Waals surface area contributed by atoms with E-state index in [9.17, 15) is 41.6 Å². The average Bonchev–Trinajstić information content (AvgIpc) is 3.10. The first-order valence-electron chi connectivity index (χ1n) is 14.0. The molecule has 56 heavy (non-hydrogen) atoms. The zero-order valence-corrected chi connectivity index (χ0v) is 40.7. The van der Waals surface area contributed by atoms with E-state index in [4.69, 9.17) is 5.73 Å². The zero-order valence-electron chi connectivity index (χ0n) is 29.4. The monoisotopic (exact) mass is 875 g/mol. The molecule has 0 amide bonds. The van der Waals surface area contributed by atoms with Crippen LogP contribution in [-0.4, -0.2) is 31.0 Å². The number of hydrogen-bond donors (Lipinski definition) is 2. The predicted octanol–water partition coefficient (Wildman–Crippen LogP) is -6.45. The van der Waals surface area contributed by atoms with Gasteiger partial charge in [0.05, 0.1) is 61.2 Å². The number of phenolic OH excluding ortho intramolecular Hbond substituents is 1. The molecule has 18 nitrogen and oxygen atoms in total. The summed E-state index contributed by atoms with van der Waals surface area (Å²) in [5, 5.41) is 57.4. The summed E-state index contributed by atoms with van der Waals surface area (Å²) in [6, 6.07) is 20.3. The van der Waals surface area contributed by atoms with Crippen molar-refractivity contribution in [1.29, 1.82) is 0 Å². The van der Waals surface area contributed by atoms with Gasteiger partial charge >= 0.3 is 118 Å². The number of fused-ring (bicyclic) bond motifs is 3. The molecule has 6 aromatic rings. The third-order valence-electron chi connectivity index (χ3n) is 7.34. The van der Waals surface area contributed by atoms with Crippen molar-refractivity contribution in [3.05, 3.63) is 84.9 Å². The fourth-order valence-electron chi connectivity index (χ4n) is 5.16. The van der Waals surface area contributed by atoms with Crippen LogP contribution in [0.2, 0.25) is 0 Å². The van der Waals surface area contributed by atoms with Crippen molar-refractivity contribution >= 4 is 105 Å². The minimum atomic E-state index is -5.26. The molecule has 0 aliphatic heterocycles. The first kappa shape index (κ1) is 51.3. The Hall–Kier alpha value is -0.820. The summed E-state index contributed by atoms with van der Waals surface area (Å²) in [7, 11) is -10.1. The van der Waals surface area contributed by atoms with E-state index in [2.05, 4.69) is 39.2 Å². The fourth-order valence-corrected chi connectivity index (χ4v) is 7.26. The standard InChI is InChI=1S/C30H21N5O13S4.4Na/c31-27-26-17(13-25(52(42,43)44)29(27)35-32-22-7-3-5-15-4-1-2-6-20(15)22)12-24(50-48-46-38)28(30(26)36)34-33-23-14-18(49-47-45-37)10-16-11-19(51(39,40)41)8-9-21(16)23;;;;/h1-14,36-38H,31H2,(H,39,40,41)(H,42,43,44);;;;/q;4*+1/p-4. The van der Waals surface area contributed by atoms with Gasteiger partial charge in [0.2, 0.25) is 0 Å². The molecule has 6 rings (SSSR count). The van der Waals surface area contributed by atoms with Crippen LogP contribution < -0.4 is 134 Å². The number of nitrogens with zero attached hydrogens (tertiary/aromatic N) is 4. The number of nitrogens with two attached hydrogens (primary N) is 1. The Morgan fingerprint density at radius 3 is 1.93 bits per heavy atom. The molecule has 0 saturated carbocycles. The van der Waals surface area contributed by atoms with Gasteiger partial charge in [0.1, 0.15) is 31.6 Å². The van der Waals surface area contributed by atoms with Crippen LogP contribution >= 0.6 is 24.1 Å². The second kappa shape index (κ2) is 22.1. The summed E-state index contributed by atoms with van der Waals surface area (Å²) in [5.41, 5.74) is 5.17. The van der Waals surface area contributed by atoms with Crippen molar-refractivity contribution in [2.45, 2.75) is 19.6 Å². The van der Waals surface area contributed by atoms with Crippen molar-refractivity contribution in [3.63, 3.8) is 0 Å². The zero-order chi connectivity index (χ0) is 37.2. The van der Waals surface area contributed by atoms with Crippen LogP contribution in [0.5, 0.6) is 5.75 Å². The summed E-state index contributed by atoms with van der Waals surface area (Å²) in [6.07, 6.45) is 0. The Balaban J connectivity index is 0.00000271. The largest absolute Gasteiger partial charge is 1.00 e. The van der Waals surface area contributed by atoms with Gasteiger partial charge in [0.25, 0.3) is 0 Å². The molecule has 26 heteroatoms. The second-order valence-corrected chi connectivity index (χ2v) is 14.6. The maximum absolute atomic E-state index is 12.4. The molecule has 0 heterocycles. The van der Waals surface area contributed by atoms with E-state index in [-0.39, 0.29) is 167 Å². The third kappa shape index (κ3) is 11.7. The first-order valence-corrected chi connectivity index (χ1v) is 18.3. The molecule has 0 aromatic heterocycles. The van der Waals surface area contributed by atoms with Crippen LogP contribution in [0, 0.1) is 0 Å². The normalized spacial score (nSPS) is 11.7. The van der Waals surface area contributed by atoms with Gasteiger partial charge in [-0.2, -0.15) is 8.67 Å². The molecule has 0 aliphatic rings. The van der Waals surface area contributed by atoms with Crippen LogP contribution in [0.15, 0.2) is 125 Å². The van der Waals surface area contributed by atoms with Gasteiger partial charge in [-0.3, -0.25) is 10.1 Å². The van der Waals surface area contributed by atoms with Crippen molar-refractivity contribution in [2.75, 3.05) is 5.73 Å². The van der Waals surface area contributed by atoms with Gasteiger partial charge in [-0.25, -0.2) is 16.8 Å². The Morgan fingerprint density at radius 2 is 1.25 bits per heavy atom. The third-order valence-corrected chi connectivity index (χ3v) is 10.2. The number of anilines is 1. The van der Waals surface area contributed by atoms with Crippen molar-refractivity contribution < 1.29 is 179 Å². The summed E-state index contributed by atoms with van der Waals surface area (Å²) < 4.78 is 81.0. The Labute approximate surface area is 414 Å². The molecule has 0 unspecified atom stereocenters. The van der Waals surface area contributed by atoms with Gasteiger partial charge in [-0.1, -0.05) is 42.5 Å².